The lowest BCUT2D eigenvalue weighted by molar-refractivity contribution is -0.325. The Labute approximate surface area is 182 Å². The number of halogens is 3. The van der Waals surface area contributed by atoms with Crippen molar-refractivity contribution >= 4 is 17.6 Å². The number of nitrogen functional groups attached to an aromatic ring is 1. The normalized spacial score (nSPS) is 16.7. The van der Waals surface area contributed by atoms with E-state index in [0.717, 1.165) is 0 Å². The van der Waals surface area contributed by atoms with E-state index in [-0.39, 0.29) is 36.5 Å². The van der Waals surface area contributed by atoms with Crippen molar-refractivity contribution in [2.24, 2.45) is 0 Å². The number of amides is 2. The zero-order valence-corrected chi connectivity index (χ0v) is 17.1. The number of pyridine rings is 1. The monoisotopic (exact) mass is 447 g/mol. The minimum Gasteiger partial charge on any atom is -0.383 e. The first-order valence-corrected chi connectivity index (χ1v) is 9.63. The Kier molecular flexibility index (Phi) is 6.64. The number of ether oxygens (including phenoxy) is 1. The maximum atomic E-state index is 13.2. The Bertz CT molecular complexity index is 1070. The first kappa shape index (κ1) is 23.0. The molecule has 11 heteroatoms. The quantitative estimate of drug-likeness (QED) is 0.753. The zero-order chi connectivity index (χ0) is 23.5. The molecule has 1 fully saturated rings. The number of aromatic nitrogens is 1. The highest BCUT2D eigenvalue weighted by molar-refractivity contribution is 5.99. The molecular formula is C21H20F3N5O3. The summed E-state index contributed by atoms with van der Waals surface area (Å²) in [5.74, 6) is -0.856. The van der Waals surface area contributed by atoms with Crippen LogP contribution in [0.15, 0.2) is 36.5 Å². The van der Waals surface area contributed by atoms with E-state index in [1.807, 2.05) is 6.07 Å². The molecule has 2 N–H and O–H groups in total. The van der Waals surface area contributed by atoms with Crippen LogP contribution in [0.4, 0.5) is 19.0 Å². The molecule has 1 aromatic heterocycles. The van der Waals surface area contributed by atoms with E-state index in [2.05, 4.69) is 9.72 Å². The Morgan fingerprint density at radius 2 is 2.06 bits per heavy atom. The van der Waals surface area contributed by atoms with Gasteiger partial charge in [-0.2, -0.15) is 5.26 Å². The molecule has 0 bridgehead atoms. The minimum absolute atomic E-state index is 0.0864. The fraction of sp³-hybridized carbons (Fsp3) is 0.333. The molecule has 1 unspecified atom stereocenters. The number of piperazine rings is 1. The molecule has 1 atom stereocenters. The number of anilines is 1. The summed E-state index contributed by atoms with van der Waals surface area (Å²) < 4.78 is 40.9. The number of likely N-dealkylation sites (N-methyl/N-ethyl adjacent to an activating group) is 1. The number of nitriles is 1. The van der Waals surface area contributed by atoms with E-state index in [4.69, 9.17) is 11.0 Å². The van der Waals surface area contributed by atoms with Crippen molar-refractivity contribution in [1.29, 1.82) is 5.26 Å². The van der Waals surface area contributed by atoms with Crippen molar-refractivity contribution in [2.45, 2.75) is 18.8 Å². The maximum Gasteiger partial charge on any atom is 0.522 e. The van der Waals surface area contributed by atoms with Gasteiger partial charge in [-0.1, -0.05) is 12.1 Å². The molecule has 1 aliphatic rings. The lowest BCUT2D eigenvalue weighted by Gasteiger charge is -2.39. The van der Waals surface area contributed by atoms with Gasteiger partial charge < -0.3 is 15.5 Å². The van der Waals surface area contributed by atoms with Crippen molar-refractivity contribution in [3.05, 3.63) is 47.7 Å². The molecule has 1 saturated heterocycles. The number of rotatable bonds is 5. The van der Waals surface area contributed by atoms with Gasteiger partial charge >= 0.3 is 6.36 Å². The van der Waals surface area contributed by atoms with E-state index in [0.29, 0.717) is 11.1 Å². The van der Waals surface area contributed by atoms with Crippen LogP contribution in [-0.4, -0.2) is 65.7 Å². The van der Waals surface area contributed by atoms with Gasteiger partial charge in [0.1, 0.15) is 17.9 Å². The van der Waals surface area contributed by atoms with Crippen LogP contribution >= 0.6 is 0 Å². The predicted octanol–water partition coefficient (Wildman–Crippen LogP) is 2.41. The smallest absolute Gasteiger partial charge is 0.383 e. The summed E-state index contributed by atoms with van der Waals surface area (Å²) in [6.45, 7) is -0.316. The second kappa shape index (κ2) is 9.23. The van der Waals surface area contributed by atoms with Crippen molar-refractivity contribution in [1.82, 2.24) is 14.8 Å². The van der Waals surface area contributed by atoms with Gasteiger partial charge in [-0.3, -0.25) is 14.3 Å². The largest absolute Gasteiger partial charge is 0.522 e. The molecular weight excluding hydrogens is 427 g/mol. The fourth-order valence-corrected chi connectivity index (χ4v) is 3.44. The number of benzene rings is 1. The van der Waals surface area contributed by atoms with Crippen molar-refractivity contribution in [2.75, 3.05) is 32.5 Å². The number of carbonyl (C=O) groups is 2. The van der Waals surface area contributed by atoms with Gasteiger partial charge in [0.2, 0.25) is 5.91 Å². The molecule has 0 saturated carbocycles. The summed E-state index contributed by atoms with van der Waals surface area (Å²) >= 11 is 0. The Balaban J connectivity index is 1.85. The first-order chi connectivity index (χ1) is 15.1. The number of hydrogen-bond donors (Lipinski definition) is 1. The van der Waals surface area contributed by atoms with Crippen molar-refractivity contribution in [3.8, 4) is 17.2 Å². The topological polar surface area (TPSA) is 113 Å². The summed E-state index contributed by atoms with van der Waals surface area (Å²) in [4.78, 5) is 32.4. The van der Waals surface area contributed by atoms with Crippen LogP contribution < -0.4 is 5.73 Å². The number of alkyl halides is 3. The van der Waals surface area contributed by atoms with Gasteiger partial charge in [0, 0.05) is 43.9 Å². The molecule has 0 aliphatic carbocycles. The maximum absolute atomic E-state index is 13.2. The minimum atomic E-state index is -4.82. The van der Waals surface area contributed by atoms with Gasteiger partial charge in [0.15, 0.2) is 0 Å². The van der Waals surface area contributed by atoms with Crippen LogP contribution in [0.1, 0.15) is 22.3 Å². The number of carbonyl (C=O) groups excluding carboxylic acids is 2. The summed E-state index contributed by atoms with van der Waals surface area (Å²) in [5.41, 5.74) is 7.24. The molecule has 32 heavy (non-hydrogen) atoms. The van der Waals surface area contributed by atoms with Crippen LogP contribution in [0, 0.1) is 11.3 Å². The van der Waals surface area contributed by atoms with Crippen molar-refractivity contribution in [3.63, 3.8) is 0 Å². The standard InChI is InChI=1S/C21H20F3N5O3/c1-28-6-7-29(17(20(28)31)5-8-32-21(22,23)24)19(30)14-4-2-3-13(9-14)16-10-15(11-25)18(26)27-12-16/h2-4,9-10,12,17H,5-8H2,1H3,(H2,26,27). The van der Waals surface area contributed by atoms with Gasteiger partial charge in [-0.25, -0.2) is 4.98 Å². The van der Waals surface area contributed by atoms with E-state index < -0.39 is 30.8 Å². The van der Waals surface area contributed by atoms with Crippen molar-refractivity contribution < 1.29 is 27.5 Å². The van der Waals surface area contributed by atoms with Crippen LogP contribution in [0.5, 0.6) is 0 Å². The highest BCUT2D eigenvalue weighted by Gasteiger charge is 2.37. The molecule has 1 aromatic carbocycles. The Morgan fingerprint density at radius 1 is 1.31 bits per heavy atom. The molecule has 2 amide bonds. The van der Waals surface area contributed by atoms with Crippen LogP contribution in [-0.2, 0) is 9.53 Å². The highest BCUT2D eigenvalue weighted by Crippen LogP contribution is 2.25. The Hall–Kier alpha value is -3.65. The lowest BCUT2D eigenvalue weighted by Crippen LogP contribution is -2.57. The van der Waals surface area contributed by atoms with E-state index >= 15 is 0 Å². The number of nitrogens with two attached hydrogens (primary N) is 1. The second-order valence-corrected chi connectivity index (χ2v) is 7.21. The third-order valence-electron chi connectivity index (χ3n) is 5.11. The Morgan fingerprint density at radius 3 is 2.75 bits per heavy atom. The van der Waals surface area contributed by atoms with Crippen LogP contribution in [0.2, 0.25) is 0 Å². The average Bonchev–Trinajstić information content (AvgIpc) is 2.76. The van der Waals surface area contributed by atoms with E-state index in [1.54, 1.807) is 30.3 Å². The van der Waals surface area contributed by atoms with Gasteiger partial charge in [0.25, 0.3) is 5.91 Å². The van der Waals surface area contributed by atoms with E-state index in [1.165, 1.54) is 23.0 Å². The van der Waals surface area contributed by atoms with E-state index in [9.17, 15) is 22.8 Å². The molecule has 2 heterocycles. The summed E-state index contributed by atoms with van der Waals surface area (Å²) in [7, 11) is 1.53. The third kappa shape index (κ3) is 5.15. The molecule has 168 valence electrons. The lowest BCUT2D eigenvalue weighted by atomic mass is 10.0. The summed E-state index contributed by atoms with van der Waals surface area (Å²) in [5, 5.41) is 9.15. The molecule has 0 radical (unpaired) electrons. The molecule has 3 rings (SSSR count). The summed E-state index contributed by atoms with van der Waals surface area (Å²) in [6, 6.07) is 8.88. The van der Waals surface area contributed by atoms with Gasteiger partial charge in [-0.05, 0) is 23.8 Å². The number of nitrogens with zero attached hydrogens (tertiary/aromatic N) is 4. The first-order valence-electron chi connectivity index (χ1n) is 9.63. The SMILES string of the molecule is CN1CCN(C(=O)c2cccc(-c3cnc(N)c(C#N)c3)c2)C(CCOC(F)(F)F)C1=O. The molecule has 1 aliphatic heterocycles. The number of hydrogen-bond acceptors (Lipinski definition) is 6. The fourth-order valence-electron chi connectivity index (χ4n) is 3.44. The third-order valence-corrected chi connectivity index (χ3v) is 5.11. The summed E-state index contributed by atoms with van der Waals surface area (Å²) in [6.07, 6.45) is -3.64. The molecule has 8 nitrogen and oxygen atoms in total. The highest BCUT2D eigenvalue weighted by atomic mass is 19.4. The van der Waals surface area contributed by atoms with Crippen LogP contribution in [0.3, 0.4) is 0 Å². The predicted molar refractivity (Wildman–Crippen MR) is 108 cm³/mol. The second-order valence-electron chi connectivity index (χ2n) is 7.21. The van der Waals surface area contributed by atoms with Gasteiger partial charge in [0.05, 0.1) is 12.2 Å². The molecule has 0 spiro atoms. The zero-order valence-electron chi connectivity index (χ0n) is 17.1. The van der Waals surface area contributed by atoms with Gasteiger partial charge in [-0.15, -0.1) is 13.2 Å². The average molecular weight is 447 g/mol. The van der Waals surface area contributed by atoms with Crippen LogP contribution in [0.25, 0.3) is 11.1 Å². The molecule has 2 aromatic rings.